The van der Waals surface area contributed by atoms with Gasteiger partial charge in [-0.2, -0.15) is 0 Å². The van der Waals surface area contributed by atoms with E-state index in [0.717, 1.165) is 12.0 Å². The fraction of sp³-hybridized carbons (Fsp3) is 0.208. The van der Waals surface area contributed by atoms with Gasteiger partial charge in [-0.1, -0.05) is 48.5 Å². The van der Waals surface area contributed by atoms with Crippen molar-refractivity contribution >= 4 is 34.8 Å². The predicted molar refractivity (Wildman–Crippen MR) is 122 cm³/mol. The number of carbonyl (C=O) groups is 2. The summed E-state index contributed by atoms with van der Waals surface area (Å²) in [6.45, 7) is 0.831. The molecule has 1 aromatic heterocycles. The maximum Gasteiger partial charge on any atom is 0.256 e. The number of nitrogens with zero attached hydrogens (tertiary/aromatic N) is 2. The molecule has 0 aliphatic carbocycles. The molecule has 2 heterocycles. The topological polar surface area (TPSA) is 65.8 Å². The second kappa shape index (κ2) is 9.57. The first-order chi connectivity index (χ1) is 15.1. The molecule has 1 aliphatic heterocycles. The fourth-order valence-corrected chi connectivity index (χ4v) is 4.02. The van der Waals surface area contributed by atoms with Crippen LogP contribution in [-0.4, -0.2) is 34.4 Å². The summed E-state index contributed by atoms with van der Waals surface area (Å²) >= 11 is 5.63. The minimum Gasteiger partial charge on any atom is -0.467 e. The Bertz CT molecular complexity index is 1040. The van der Waals surface area contributed by atoms with Crippen molar-refractivity contribution in [1.82, 2.24) is 10.2 Å². The SMILES string of the molecule is O=C(C[C@H]1C(=O)N(c2ccccc2)C(=S)N1Cc1ccco1)NCCc1ccccc1. The van der Waals surface area contributed by atoms with E-state index in [2.05, 4.69) is 5.32 Å². The summed E-state index contributed by atoms with van der Waals surface area (Å²) in [7, 11) is 0. The van der Waals surface area contributed by atoms with E-state index < -0.39 is 6.04 Å². The first-order valence-corrected chi connectivity index (χ1v) is 10.6. The highest BCUT2D eigenvalue weighted by atomic mass is 32.1. The summed E-state index contributed by atoms with van der Waals surface area (Å²) in [6.07, 6.45) is 2.34. The fourth-order valence-electron chi connectivity index (χ4n) is 3.64. The molecule has 0 saturated carbocycles. The Hall–Kier alpha value is -3.45. The van der Waals surface area contributed by atoms with Gasteiger partial charge in [0.2, 0.25) is 5.91 Å². The average Bonchev–Trinajstić information content (AvgIpc) is 3.38. The molecule has 0 unspecified atom stereocenters. The standard InChI is InChI=1S/C24H23N3O3S/c28-22(25-14-13-18-8-3-1-4-9-18)16-21-23(29)27(19-10-5-2-6-11-19)24(31)26(21)17-20-12-7-15-30-20/h1-12,15,21H,13-14,16-17H2,(H,25,28)/t21-/m0/s1. The van der Waals surface area contributed by atoms with Crippen LogP contribution in [0.15, 0.2) is 83.5 Å². The van der Waals surface area contributed by atoms with Crippen LogP contribution >= 0.6 is 12.2 Å². The van der Waals surface area contributed by atoms with E-state index in [1.807, 2.05) is 66.7 Å². The number of anilines is 1. The molecule has 1 N–H and O–H groups in total. The smallest absolute Gasteiger partial charge is 0.256 e. The monoisotopic (exact) mass is 433 g/mol. The van der Waals surface area contributed by atoms with Gasteiger partial charge in [0.15, 0.2) is 5.11 Å². The van der Waals surface area contributed by atoms with Gasteiger partial charge in [0.05, 0.1) is 24.9 Å². The van der Waals surface area contributed by atoms with Gasteiger partial charge < -0.3 is 14.6 Å². The number of para-hydroxylation sites is 1. The maximum atomic E-state index is 13.3. The van der Waals surface area contributed by atoms with Gasteiger partial charge in [0, 0.05) is 6.54 Å². The Labute approximate surface area is 186 Å². The zero-order valence-electron chi connectivity index (χ0n) is 16.9. The summed E-state index contributed by atoms with van der Waals surface area (Å²) in [5.41, 5.74) is 1.84. The lowest BCUT2D eigenvalue weighted by molar-refractivity contribution is -0.127. The highest BCUT2D eigenvalue weighted by Gasteiger charge is 2.44. The van der Waals surface area contributed by atoms with Gasteiger partial charge in [-0.25, -0.2) is 0 Å². The maximum absolute atomic E-state index is 13.3. The van der Waals surface area contributed by atoms with Crippen molar-refractivity contribution in [3.8, 4) is 0 Å². The van der Waals surface area contributed by atoms with Crippen molar-refractivity contribution in [3.05, 3.63) is 90.4 Å². The molecule has 2 amide bonds. The van der Waals surface area contributed by atoms with Crippen LogP contribution in [0.1, 0.15) is 17.7 Å². The Morgan fingerprint density at radius 2 is 1.71 bits per heavy atom. The van der Waals surface area contributed by atoms with Crippen LogP contribution in [0, 0.1) is 0 Å². The summed E-state index contributed by atoms with van der Waals surface area (Å²) in [6, 6.07) is 22.1. The zero-order chi connectivity index (χ0) is 21.6. The van der Waals surface area contributed by atoms with Crippen LogP contribution < -0.4 is 10.2 Å². The number of furan rings is 1. The Kier molecular flexibility index (Phi) is 6.43. The van der Waals surface area contributed by atoms with Gasteiger partial charge in [0.1, 0.15) is 11.8 Å². The number of carbonyl (C=O) groups excluding carboxylic acids is 2. The summed E-state index contributed by atoms with van der Waals surface area (Å²) in [4.78, 5) is 29.2. The predicted octanol–water partition coefficient (Wildman–Crippen LogP) is 3.53. The van der Waals surface area contributed by atoms with Gasteiger partial charge in [-0.3, -0.25) is 14.5 Å². The molecule has 0 bridgehead atoms. The molecule has 0 spiro atoms. The average molecular weight is 434 g/mol. The Morgan fingerprint density at radius 1 is 1.00 bits per heavy atom. The second-order valence-corrected chi connectivity index (χ2v) is 7.67. The van der Waals surface area contributed by atoms with Crippen molar-refractivity contribution in [2.24, 2.45) is 0 Å². The number of hydrogen-bond acceptors (Lipinski definition) is 4. The molecule has 4 rings (SSSR count). The summed E-state index contributed by atoms with van der Waals surface area (Å²) in [5, 5.41) is 3.29. The normalized spacial score (nSPS) is 16.1. The van der Waals surface area contributed by atoms with Gasteiger partial charge in [0.25, 0.3) is 5.91 Å². The lowest BCUT2D eigenvalue weighted by atomic mass is 10.1. The van der Waals surface area contributed by atoms with E-state index in [1.54, 1.807) is 17.2 Å². The van der Waals surface area contributed by atoms with Crippen LogP contribution in [0.25, 0.3) is 0 Å². The van der Waals surface area contributed by atoms with Crippen LogP contribution in [0.5, 0.6) is 0 Å². The number of rotatable bonds is 8. The molecule has 31 heavy (non-hydrogen) atoms. The first-order valence-electron chi connectivity index (χ1n) is 10.2. The van der Waals surface area contributed by atoms with Crippen molar-refractivity contribution < 1.29 is 14.0 Å². The molecular formula is C24H23N3O3S. The molecule has 1 saturated heterocycles. The third-order valence-electron chi connectivity index (χ3n) is 5.20. The highest BCUT2D eigenvalue weighted by molar-refractivity contribution is 7.80. The molecule has 6 nitrogen and oxygen atoms in total. The van der Waals surface area contributed by atoms with E-state index in [9.17, 15) is 9.59 Å². The zero-order valence-corrected chi connectivity index (χ0v) is 17.8. The first kappa shape index (κ1) is 20.8. The van der Waals surface area contributed by atoms with E-state index in [1.165, 1.54) is 4.90 Å². The van der Waals surface area contributed by atoms with E-state index in [-0.39, 0.29) is 18.2 Å². The van der Waals surface area contributed by atoms with Crippen LogP contribution in [-0.2, 0) is 22.6 Å². The quantitative estimate of drug-likeness (QED) is 0.551. The number of amides is 2. The minimum atomic E-state index is -0.686. The van der Waals surface area contributed by atoms with Gasteiger partial charge in [-0.15, -0.1) is 0 Å². The third-order valence-corrected chi connectivity index (χ3v) is 5.61. The van der Waals surface area contributed by atoms with Crippen molar-refractivity contribution in [2.75, 3.05) is 11.4 Å². The molecule has 158 valence electrons. The Balaban J connectivity index is 1.46. The lowest BCUT2D eigenvalue weighted by Gasteiger charge is -2.22. The number of benzene rings is 2. The number of nitrogens with one attached hydrogen (secondary N) is 1. The van der Waals surface area contributed by atoms with Crippen molar-refractivity contribution in [3.63, 3.8) is 0 Å². The second-order valence-electron chi connectivity index (χ2n) is 7.30. The van der Waals surface area contributed by atoms with E-state index in [4.69, 9.17) is 16.6 Å². The molecular weight excluding hydrogens is 410 g/mol. The van der Waals surface area contributed by atoms with Gasteiger partial charge in [-0.05, 0) is 48.5 Å². The molecule has 2 aromatic carbocycles. The largest absolute Gasteiger partial charge is 0.467 e. The molecule has 7 heteroatoms. The molecule has 1 fully saturated rings. The van der Waals surface area contributed by atoms with Crippen LogP contribution in [0.3, 0.4) is 0 Å². The summed E-state index contributed by atoms with van der Waals surface area (Å²) < 4.78 is 5.46. The minimum absolute atomic E-state index is 0.0256. The van der Waals surface area contributed by atoms with Crippen LogP contribution in [0.2, 0.25) is 0 Å². The summed E-state index contributed by atoms with van der Waals surface area (Å²) in [5.74, 6) is 0.289. The lowest BCUT2D eigenvalue weighted by Crippen LogP contribution is -2.39. The molecule has 1 aliphatic rings. The van der Waals surface area contributed by atoms with Crippen LogP contribution in [0.4, 0.5) is 5.69 Å². The highest BCUT2D eigenvalue weighted by Crippen LogP contribution is 2.28. The van der Waals surface area contributed by atoms with Crippen molar-refractivity contribution in [2.45, 2.75) is 25.4 Å². The number of thiocarbonyl (C=S) groups is 1. The van der Waals surface area contributed by atoms with Gasteiger partial charge >= 0.3 is 0 Å². The third kappa shape index (κ3) is 4.83. The molecule has 3 aromatic rings. The molecule has 1 atom stereocenters. The van der Waals surface area contributed by atoms with Crippen molar-refractivity contribution in [1.29, 1.82) is 0 Å². The van der Waals surface area contributed by atoms with E-state index in [0.29, 0.717) is 29.6 Å². The van der Waals surface area contributed by atoms with E-state index >= 15 is 0 Å². The number of hydrogen-bond donors (Lipinski definition) is 1. The molecule has 0 radical (unpaired) electrons. The Morgan fingerprint density at radius 3 is 2.39 bits per heavy atom.